The Morgan fingerprint density at radius 3 is 2.83 bits per heavy atom. The number of rotatable bonds is 8. The van der Waals surface area contributed by atoms with E-state index in [2.05, 4.69) is 37.1 Å². The van der Waals surface area contributed by atoms with Crippen molar-refractivity contribution in [1.82, 2.24) is 16.1 Å². The van der Waals surface area contributed by atoms with Crippen LogP contribution in [-0.4, -0.2) is 41.5 Å². The van der Waals surface area contributed by atoms with Gasteiger partial charge in [-0.1, -0.05) is 45.7 Å². The number of halogens is 2. The van der Waals surface area contributed by atoms with Gasteiger partial charge in [0.05, 0.1) is 29.5 Å². The van der Waals surface area contributed by atoms with E-state index in [-0.39, 0.29) is 24.0 Å². The van der Waals surface area contributed by atoms with Gasteiger partial charge in [-0.15, -0.1) is 0 Å². The highest BCUT2D eigenvalue weighted by Gasteiger charge is 2.32. The van der Waals surface area contributed by atoms with E-state index in [1.807, 2.05) is 0 Å². The first kappa shape index (κ1) is 26.5. The molecule has 9 nitrogen and oxygen atoms in total. The molecular weight excluding hydrogens is 560 g/mol. The number of para-hydroxylation sites is 1. The van der Waals surface area contributed by atoms with Crippen LogP contribution < -0.4 is 20.8 Å². The fraction of sp³-hybridized carbons (Fsp3) is 0.217. The number of hydrazone groups is 1. The van der Waals surface area contributed by atoms with Gasteiger partial charge >= 0.3 is 5.97 Å². The highest BCUT2D eigenvalue weighted by atomic mass is 79.9. The Kier molecular flexibility index (Phi) is 9.07. The maximum Gasteiger partial charge on any atom is 0.338 e. The van der Waals surface area contributed by atoms with Crippen molar-refractivity contribution < 1.29 is 24.2 Å². The van der Waals surface area contributed by atoms with Crippen LogP contribution in [0.2, 0.25) is 5.02 Å². The second-order valence-corrected chi connectivity index (χ2v) is 8.97. The fourth-order valence-electron chi connectivity index (χ4n) is 3.29. The van der Waals surface area contributed by atoms with Crippen molar-refractivity contribution in [2.24, 2.45) is 5.10 Å². The summed E-state index contributed by atoms with van der Waals surface area (Å²) in [6, 6.07) is 9.47. The van der Waals surface area contributed by atoms with E-state index in [1.165, 1.54) is 12.3 Å². The van der Waals surface area contributed by atoms with Crippen LogP contribution >= 0.6 is 39.7 Å². The zero-order chi connectivity index (χ0) is 25.5. The average molecular weight is 582 g/mol. The summed E-state index contributed by atoms with van der Waals surface area (Å²) in [4.78, 5) is 24.9. The molecule has 35 heavy (non-hydrogen) atoms. The van der Waals surface area contributed by atoms with Crippen molar-refractivity contribution in [3.8, 4) is 11.5 Å². The average Bonchev–Trinajstić information content (AvgIpc) is 2.80. The number of phenols is 1. The first-order chi connectivity index (χ1) is 16.7. The lowest BCUT2D eigenvalue weighted by Gasteiger charge is -2.30. The van der Waals surface area contributed by atoms with Crippen molar-refractivity contribution in [1.29, 1.82) is 0 Å². The molecule has 1 aliphatic rings. The molecule has 0 radical (unpaired) electrons. The molecule has 0 aliphatic carbocycles. The number of carbonyl (C=O) groups is 2. The predicted molar refractivity (Wildman–Crippen MR) is 139 cm³/mol. The minimum atomic E-state index is -0.635. The zero-order valence-corrected chi connectivity index (χ0v) is 21.9. The second-order valence-electron chi connectivity index (χ2n) is 7.24. The molecule has 0 saturated heterocycles. The third-order valence-electron chi connectivity index (χ3n) is 4.80. The number of nitrogens with one attached hydrogen (secondary N) is 3. The van der Waals surface area contributed by atoms with E-state index in [1.54, 1.807) is 44.2 Å². The molecule has 12 heteroatoms. The van der Waals surface area contributed by atoms with Crippen molar-refractivity contribution in [3.63, 3.8) is 0 Å². The lowest BCUT2D eigenvalue weighted by molar-refractivity contribution is -0.139. The molecule has 1 atom stereocenters. The molecule has 0 fully saturated rings. The SMILES string of the molecule is CCOC(=O)C1=C(C)NC(=S)N[C@@H]1c1ccccc1OCC(=O)NN=Cc1cc(Br)cc(Cl)c1O. The molecule has 1 heterocycles. The van der Waals surface area contributed by atoms with Crippen LogP contribution in [0, 0.1) is 0 Å². The van der Waals surface area contributed by atoms with E-state index >= 15 is 0 Å². The Morgan fingerprint density at radius 1 is 1.34 bits per heavy atom. The number of thiocarbonyl (C=S) groups is 1. The van der Waals surface area contributed by atoms with Gasteiger partial charge in [0.15, 0.2) is 11.7 Å². The van der Waals surface area contributed by atoms with Gasteiger partial charge in [-0.05, 0) is 44.3 Å². The van der Waals surface area contributed by atoms with Crippen LogP contribution in [0.3, 0.4) is 0 Å². The van der Waals surface area contributed by atoms with Gasteiger partial charge in [0, 0.05) is 21.3 Å². The van der Waals surface area contributed by atoms with Crippen molar-refractivity contribution in [2.75, 3.05) is 13.2 Å². The fourth-order valence-corrected chi connectivity index (χ4v) is 4.40. The number of esters is 1. The standard InChI is InChI=1S/C23H22BrClN4O5S/c1-3-33-22(32)19-12(2)27-23(35)28-20(19)15-6-4-5-7-17(15)34-11-18(30)29-26-10-13-8-14(24)9-16(25)21(13)31/h4-10,20,31H,3,11H2,1-2H3,(H,29,30)(H2,27,28,35)/t20-/m1/s1. The number of hydrogen-bond acceptors (Lipinski definition) is 7. The maximum absolute atomic E-state index is 12.6. The van der Waals surface area contributed by atoms with Crippen LogP contribution in [0.25, 0.3) is 0 Å². The maximum atomic E-state index is 12.6. The minimum absolute atomic E-state index is 0.143. The molecule has 1 aliphatic heterocycles. The Balaban J connectivity index is 1.73. The van der Waals surface area contributed by atoms with Gasteiger partial charge < -0.3 is 25.2 Å². The molecule has 4 N–H and O–H groups in total. The number of carbonyl (C=O) groups excluding carboxylic acids is 2. The van der Waals surface area contributed by atoms with Crippen LogP contribution in [0.4, 0.5) is 0 Å². The highest BCUT2D eigenvalue weighted by molar-refractivity contribution is 9.10. The summed E-state index contributed by atoms with van der Waals surface area (Å²) >= 11 is 14.5. The summed E-state index contributed by atoms with van der Waals surface area (Å²) in [5.41, 5.74) is 4.17. The molecular formula is C23H22BrClN4O5S. The van der Waals surface area contributed by atoms with Crippen molar-refractivity contribution in [3.05, 3.63) is 68.3 Å². The second kappa shape index (κ2) is 12.0. The van der Waals surface area contributed by atoms with Crippen LogP contribution in [0.5, 0.6) is 11.5 Å². The molecule has 1 amide bonds. The van der Waals surface area contributed by atoms with Gasteiger partial charge in [-0.2, -0.15) is 5.10 Å². The topological polar surface area (TPSA) is 121 Å². The lowest BCUT2D eigenvalue weighted by Crippen LogP contribution is -2.45. The molecule has 3 rings (SSSR count). The van der Waals surface area contributed by atoms with Gasteiger partial charge in [0.25, 0.3) is 5.91 Å². The van der Waals surface area contributed by atoms with E-state index in [4.69, 9.17) is 33.3 Å². The normalized spacial score (nSPS) is 15.4. The Bertz CT molecular complexity index is 1220. The summed E-state index contributed by atoms with van der Waals surface area (Å²) in [6.45, 7) is 3.32. The van der Waals surface area contributed by atoms with Gasteiger partial charge in [0.1, 0.15) is 11.5 Å². The molecule has 0 spiro atoms. The Hall–Kier alpha value is -3.15. The number of aromatic hydroxyl groups is 1. The third-order valence-corrected chi connectivity index (χ3v) is 5.77. The zero-order valence-electron chi connectivity index (χ0n) is 18.7. The lowest BCUT2D eigenvalue weighted by atomic mass is 9.95. The smallest absolute Gasteiger partial charge is 0.338 e. The first-order valence-electron chi connectivity index (χ1n) is 10.4. The van der Waals surface area contributed by atoms with E-state index in [0.29, 0.717) is 37.7 Å². The molecule has 2 aromatic rings. The monoisotopic (exact) mass is 580 g/mol. The molecule has 0 saturated carbocycles. The van der Waals surface area contributed by atoms with Crippen LogP contribution in [0.1, 0.15) is 31.0 Å². The number of allylic oxidation sites excluding steroid dienone is 1. The van der Waals surface area contributed by atoms with Crippen molar-refractivity contribution in [2.45, 2.75) is 19.9 Å². The summed E-state index contributed by atoms with van der Waals surface area (Å²) in [5, 5.41) is 20.3. The van der Waals surface area contributed by atoms with Crippen molar-refractivity contribution >= 4 is 63.0 Å². The highest BCUT2D eigenvalue weighted by Crippen LogP contribution is 2.33. The van der Waals surface area contributed by atoms with E-state index < -0.39 is 17.9 Å². The number of amides is 1. The number of ether oxygens (including phenoxy) is 2. The number of phenolic OH excluding ortho intramolecular Hbond substituents is 1. The largest absolute Gasteiger partial charge is 0.506 e. The molecule has 0 aromatic heterocycles. The van der Waals surface area contributed by atoms with Gasteiger partial charge in [-0.25, -0.2) is 10.2 Å². The molecule has 184 valence electrons. The van der Waals surface area contributed by atoms with E-state index in [0.717, 1.165) is 0 Å². The van der Waals surface area contributed by atoms with E-state index in [9.17, 15) is 14.7 Å². The molecule has 2 aromatic carbocycles. The number of hydrogen-bond donors (Lipinski definition) is 4. The molecule has 0 unspecified atom stereocenters. The third kappa shape index (κ3) is 6.71. The summed E-state index contributed by atoms with van der Waals surface area (Å²) in [5.74, 6) is -0.816. The number of benzene rings is 2. The minimum Gasteiger partial charge on any atom is -0.506 e. The Labute approximate surface area is 220 Å². The molecule has 0 bridgehead atoms. The quantitative estimate of drug-likeness (QED) is 0.161. The predicted octanol–water partition coefficient (Wildman–Crippen LogP) is 3.69. The number of nitrogens with zero attached hydrogens (tertiary/aromatic N) is 1. The summed E-state index contributed by atoms with van der Waals surface area (Å²) in [6.07, 6.45) is 1.26. The first-order valence-corrected chi connectivity index (χ1v) is 12.0. The van der Waals surface area contributed by atoms with Crippen LogP contribution in [0.15, 0.2) is 57.2 Å². The van der Waals surface area contributed by atoms with Gasteiger partial charge in [-0.3, -0.25) is 4.79 Å². The van der Waals surface area contributed by atoms with Gasteiger partial charge in [0.2, 0.25) is 0 Å². The van der Waals surface area contributed by atoms with Crippen LogP contribution in [-0.2, 0) is 14.3 Å². The Morgan fingerprint density at radius 2 is 2.09 bits per heavy atom. The summed E-state index contributed by atoms with van der Waals surface area (Å²) in [7, 11) is 0. The summed E-state index contributed by atoms with van der Waals surface area (Å²) < 4.78 is 11.6.